The Kier molecular flexibility index (Phi) is 28.2. The molecular formula is C40H70O4. The Morgan fingerprint density at radius 2 is 0.864 bits per heavy atom. The van der Waals surface area contributed by atoms with Crippen LogP contribution in [0.4, 0.5) is 0 Å². The molecule has 0 radical (unpaired) electrons. The number of hydrogen-bond acceptors (Lipinski definition) is 4. The minimum atomic E-state index is -0.377. The number of benzene rings is 1. The Morgan fingerprint density at radius 3 is 1.20 bits per heavy atom. The summed E-state index contributed by atoms with van der Waals surface area (Å²) in [5.74, 6) is -0.754. The molecule has 0 aliphatic heterocycles. The number of phenolic OH excluding ortho intramolecular Hbond substituents is 2. The second-order valence-corrected chi connectivity index (χ2v) is 13.1. The molecule has 4 heteroatoms. The zero-order chi connectivity index (χ0) is 31.8. The molecule has 254 valence electrons. The highest BCUT2D eigenvalue weighted by Crippen LogP contribution is 2.25. The predicted molar refractivity (Wildman–Crippen MR) is 189 cm³/mol. The molecule has 1 aromatic carbocycles. The van der Waals surface area contributed by atoms with Crippen LogP contribution < -0.4 is 0 Å². The fourth-order valence-electron chi connectivity index (χ4n) is 5.98. The van der Waals surface area contributed by atoms with Crippen molar-refractivity contribution >= 4 is 12.0 Å². The van der Waals surface area contributed by atoms with E-state index < -0.39 is 0 Å². The molecule has 0 spiro atoms. The number of ether oxygens (including phenoxy) is 1. The van der Waals surface area contributed by atoms with E-state index in [-0.39, 0.29) is 17.5 Å². The van der Waals surface area contributed by atoms with Crippen molar-refractivity contribution in [3.8, 4) is 11.5 Å². The molecule has 0 aliphatic rings. The second-order valence-electron chi connectivity index (χ2n) is 13.1. The summed E-state index contributed by atoms with van der Waals surface area (Å²) in [4.78, 5) is 11.8. The van der Waals surface area contributed by atoms with Gasteiger partial charge in [-0.3, -0.25) is 0 Å². The smallest absolute Gasteiger partial charge is 0.330 e. The lowest BCUT2D eigenvalue weighted by molar-refractivity contribution is -0.137. The van der Waals surface area contributed by atoms with Crippen LogP contribution in [0.15, 0.2) is 24.3 Å². The van der Waals surface area contributed by atoms with Crippen LogP contribution in [0.3, 0.4) is 0 Å². The minimum absolute atomic E-state index is 0.175. The van der Waals surface area contributed by atoms with Crippen molar-refractivity contribution in [3.05, 3.63) is 29.8 Å². The first-order valence-electron chi connectivity index (χ1n) is 19.0. The molecule has 1 rings (SSSR count). The van der Waals surface area contributed by atoms with Crippen LogP contribution in [-0.2, 0) is 9.53 Å². The molecule has 44 heavy (non-hydrogen) atoms. The van der Waals surface area contributed by atoms with Crippen molar-refractivity contribution in [1.82, 2.24) is 0 Å². The monoisotopic (exact) mass is 615 g/mol. The van der Waals surface area contributed by atoms with E-state index in [0.717, 1.165) is 12.8 Å². The summed E-state index contributed by atoms with van der Waals surface area (Å²) in [5, 5.41) is 18.8. The highest BCUT2D eigenvalue weighted by molar-refractivity contribution is 5.87. The van der Waals surface area contributed by atoms with Gasteiger partial charge < -0.3 is 14.9 Å². The normalized spacial score (nSPS) is 11.5. The number of hydrogen-bond donors (Lipinski definition) is 2. The van der Waals surface area contributed by atoms with Crippen LogP contribution in [0, 0.1) is 0 Å². The predicted octanol–water partition coefficient (Wildman–Crippen LogP) is 13.0. The van der Waals surface area contributed by atoms with Crippen LogP contribution >= 0.6 is 0 Å². The summed E-state index contributed by atoms with van der Waals surface area (Å²) >= 11 is 0. The standard InChI is InChI=1S/C40H70O4/c1-2-3-4-5-6-7-8-9-10-11-12-13-14-15-16-17-18-19-20-21-22-23-24-25-26-27-28-29-30-35-44-40(43)34-32-37-31-33-38(41)39(42)36-37/h31-34,36,41-42H,2-30,35H2,1H3. The van der Waals surface area contributed by atoms with Crippen molar-refractivity contribution in [1.29, 1.82) is 0 Å². The van der Waals surface area contributed by atoms with Crippen molar-refractivity contribution in [2.75, 3.05) is 6.61 Å². The molecule has 1 aromatic rings. The topological polar surface area (TPSA) is 66.8 Å². The van der Waals surface area contributed by atoms with Crippen molar-refractivity contribution in [3.63, 3.8) is 0 Å². The van der Waals surface area contributed by atoms with Gasteiger partial charge in [0.25, 0.3) is 0 Å². The van der Waals surface area contributed by atoms with Gasteiger partial charge in [-0.2, -0.15) is 0 Å². The Labute approximate surface area is 272 Å². The number of phenols is 2. The number of aromatic hydroxyl groups is 2. The van der Waals surface area contributed by atoms with Crippen LogP contribution in [0.2, 0.25) is 0 Å². The number of carbonyl (C=O) groups is 1. The lowest BCUT2D eigenvalue weighted by Crippen LogP contribution is -2.02. The van der Waals surface area contributed by atoms with Crippen LogP contribution in [0.25, 0.3) is 6.08 Å². The average molecular weight is 615 g/mol. The summed E-state index contributed by atoms with van der Waals surface area (Å²) in [6, 6.07) is 4.42. The first kappa shape index (κ1) is 40.1. The van der Waals surface area contributed by atoms with Crippen molar-refractivity contribution in [2.24, 2.45) is 0 Å². The molecule has 2 N–H and O–H groups in total. The van der Waals surface area contributed by atoms with E-state index in [1.54, 1.807) is 12.1 Å². The summed E-state index contributed by atoms with van der Waals surface area (Å²) in [6.07, 6.45) is 43.3. The minimum Gasteiger partial charge on any atom is -0.504 e. The summed E-state index contributed by atoms with van der Waals surface area (Å²) in [5.41, 5.74) is 0.637. The quantitative estimate of drug-likeness (QED) is 0.0367. The lowest BCUT2D eigenvalue weighted by Gasteiger charge is -2.05. The van der Waals surface area contributed by atoms with Gasteiger partial charge in [0, 0.05) is 6.08 Å². The lowest BCUT2D eigenvalue weighted by atomic mass is 10.0. The molecule has 0 amide bonds. The molecule has 0 aromatic heterocycles. The van der Waals surface area contributed by atoms with Crippen LogP contribution in [-0.4, -0.2) is 22.8 Å². The Balaban J connectivity index is 1.70. The SMILES string of the molecule is CCCCCCCCCCCCCCCCCCCCCCCCCCCCCCCOC(=O)C=Cc1ccc(O)c(O)c1. The molecule has 0 atom stereocenters. The molecule has 0 aliphatic carbocycles. The summed E-state index contributed by atoms with van der Waals surface area (Å²) < 4.78 is 5.24. The highest BCUT2D eigenvalue weighted by atomic mass is 16.5. The van der Waals surface area contributed by atoms with Gasteiger partial charge in [0.15, 0.2) is 11.5 Å². The van der Waals surface area contributed by atoms with Gasteiger partial charge in [-0.1, -0.05) is 193 Å². The van der Waals surface area contributed by atoms with Gasteiger partial charge in [0.05, 0.1) is 6.61 Å². The van der Waals surface area contributed by atoms with Crippen molar-refractivity contribution in [2.45, 2.75) is 193 Å². The van der Waals surface area contributed by atoms with Crippen LogP contribution in [0.1, 0.15) is 199 Å². The fraction of sp³-hybridized carbons (Fsp3) is 0.775. The van der Waals surface area contributed by atoms with Gasteiger partial charge in [-0.05, 0) is 30.2 Å². The van der Waals surface area contributed by atoms with E-state index >= 15 is 0 Å². The zero-order valence-electron chi connectivity index (χ0n) is 28.8. The molecule has 0 heterocycles. The van der Waals surface area contributed by atoms with E-state index in [0.29, 0.717) is 12.2 Å². The van der Waals surface area contributed by atoms with E-state index in [4.69, 9.17) is 4.74 Å². The molecule has 0 saturated carbocycles. The third kappa shape index (κ3) is 26.4. The first-order valence-corrected chi connectivity index (χ1v) is 19.0. The number of carbonyl (C=O) groups excluding carboxylic acids is 1. The van der Waals surface area contributed by atoms with Gasteiger partial charge in [-0.15, -0.1) is 0 Å². The molecular weight excluding hydrogens is 544 g/mol. The van der Waals surface area contributed by atoms with Gasteiger partial charge in [-0.25, -0.2) is 4.79 Å². The molecule has 0 fully saturated rings. The number of rotatable bonds is 32. The third-order valence-electron chi connectivity index (χ3n) is 8.90. The highest BCUT2D eigenvalue weighted by Gasteiger charge is 2.01. The maximum Gasteiger partial charge on any atom is 0.330 e. The van der Waals surface area contributed by atoms with E-state index in [1.165, 1.54) is 192 Å². The number of esters is 1. The fourth-order valence-corrected chi connectivity index (χ4v) is 5.98. The Bertz CT molecular complexity index is 803. The van der Waals surface area contributed by atoms with E-state index in [9.17, 15) is 15.0 Å². The van der Waals surface area contributed by atoms with Gasteiger partial charge >= 0.3 is 5.97 Å². The molecule has 0 saturated heterocycles. The zero-order valence-corrected chi connectivity index (χ0v) is 28.8. The van der Waals surface area contributed by atoms with Gasteiger partial charge in [0.1, 0.15) is 0 Å². The molecule has 0 unspecified atom stereocenters. The van der Waals surface area contributed by atoms with Crippen LogP contribution in [0.5, 0.6) is 11.5 Å². The maximum absolute atomic E-state index is 11.8. The number of unbranched alkanes of at least 4 members (excludes halogenated alkanes) is 28. The molecule has 4 nitrogen and oxygen atoms in total. The largest absolute Gasteiger partial charge is 0.504 e. The third-order valence-corrected chi connectivity index (χ3v) is 8.90. The van der Waals surface area contributed by atoms with Crippen molar-refractivity contribution < 1.29 is 19.7 Å². The van der Waals surface area contributed by atoms with Gasteiger partial charge in [0.2, 0.25) is 0 Å². The average Bonchev–Trinajstić information content (AvgIpc) is 3.02. The molecule has 0 bridgehead atoms. The maximum atomic E-state index is 11.8. The first-order chi connectivity index (χ1) is 21.6. The van der Waals surface area contributed by atoms with E-state index in [1.807, 2.05) is 0 Å². The Morgan fingerprint density at radius 1 is 0.523 bits per heavy atom. The van der Waals surface area contributed by atoms with E-state index in [2.05, 4.69) is 6.92 Å². The summed E-state index contributed by atoms with van der Waals surface area (Å²) in [7, 11) is 0. The second kappa shape index (κ2) is 31.0. The Hall–Kier alpha value is -1.97. The summed E-state index contributed by atoms with van der Waals surface area (Å²) in [6.45, 7) is 2.74.